The van der Waals surface area contributed by atoms with E-state index in [9.17, 15) is 4.79 Å². The lowest BCUT2D eigenvalue weighted by Crippen LogP contribution is -2.24. The number of nitrogens with one attached hydrogen (secondary N) is 1. The van der Waals surface area contributed by atoms with Gasteiger partial charge in [-0.2, -0.15) is 0 Å². The summed E-state index contributed by atoms with van der Waals surface area (Å²) in [7, 11) is 0. The van der Waals surface area contributed by atoms with Crippen molar-refractivity contribution < 1.29 is 4.79 Å². The molecule has 0 fully saturated rings. The lowest BCUT2D eigenvalue weighted by Gasteiger charge is -2.07. The van der Waals surface area contributed by atoms with Gasteiger partial charge in [0.1, 0.15) is 0 Å². The molecule has 0 atom stereocenters. The summed E-state index contributed by atoms with van der Waals surface area (Å²) in [6, 6.07) is 6.08. The van der Waals surface area contributed by atoms with Gasteiger partial charge >= 0.3 is 0 Å². The molecule has 0 radical (unpaired) electrons. The standard InChI is InChI=1S/C18H22N2OS/c21-18(20-11-9-14-6-5-10-19-13-14)17-12-15-7-3-1-2-4-8-16(15)22-17/h5-6,10,12-13H,1-4,7-9,11H2,(H,20,21). The second-order valence-electron chi connectivity index (χ2n) is 5.84. The molecule has 4 heteroatoms. The Morgan fingerprint density at radius 2 is 2.09 bits per heavy atom. The molecule has 2 aromatic rings. The van der Waals surface area contributed by atoms with Crippen LogP contribution in [0.4, 0.5) is 0 Å². The highest BCUT2D eigenvalue weighted by Crippen LogP contribution is 2.28. The third-order valence-corrected chi connectivity index (χ3v) is 5.38. The first kappa shape index (κ1) is 15.2. The van der Waals surface area contributed by atoms with Crippen molar-refractivity contribution in [2.75, 3.05) is 6.54 Å². The number of carbonyl (C=O) groups is 1. The smallest absolute Gasteiger partial charge is 0.261 e. The zero-order chi connectivity index (χ0) is 15.2. The topological polar surface area (TPSA) is 42.0 Å². The van der Waals surface area contributed by atoms with E-state index >= 15 is 0 Å². The molecular formula is C18H22N2OS. The van der Waals surface area contributed by atoms with Crippen LogP contribution in [0, 0.1) is 0 Å². The number of rotatable bonds is 4. The van der Waals surface area contributed by atoms with Crippen molar-refractivity contribution in [3.63, 3.8) is 0 Å². The van der Waals surface area contributed by atoms with E-state index in [4.69, 9.17) is 0 Å². The lowest BCUT2D eigenvalue weighted by molar-refractivity contribution is 0.0958. The molecule has 0 bridgehead atoms. The summed E-state index contributed by atoms with van der Waals surface area (Å²) in [5.41, 5.74) is 2.56. The lowest BCUT2D eigenvalue weighted by atomic mass is 10.00. The Balaban J connectivity index is 1.57. The van der Waals surface area contributed by atoms with Crippen LogP contribution in [0.5, 0.6) is 0 Å². The van der Waals surface area contributed by atoms with Crippen LogP contribution in [0.3, 0.4) is 0 Å². The SMILES string of the molecule is O=C(NCCc1cccnc1)c1cc2c(s1)CCCCCC2. The van der Waals surface area contributed by atoms with Crippen molar-refractivity contribution in [2.24, 2.45) is 0 Å². The predicted octanol–water partition coefficient (Wildman–Crippen LogP) is 3.77. The Hall–Kier alpha value is -1.68. The Bertz CT molecular complexity index is 596. The van der Waals surface area contributed by atoms with Gasteiger partial charge in [-0.15, -0.1) is 11.3 Å². The van der Waals surface area contributed by atoms with E-state index < -0.39 is 0 Å². The second-order valence-corrected chi connectivity index (χ2v) is 6.98. The minimum Gasteiger partial charge on any atom is -0.351 e. The van der Waals surface area contributed by atoms with Gasteiger partial charge in [0.15, 0.2) is 0 Å². The normalized spacial score (nSPS) is 14.7. The van der Waals surface area contributed by atoms with Crippen LogP contribution in [0.1, 0.15) is 51.4 Å². The van der Waals surface area contributed by atoms with Gasteiger partial charge in [0.05, 0.1) is 4.88 Å². The van der Waals surface area contributed by atoms with Gasteiger partial charge in [-0.25, -0.2) is 0 Å². The highest BCUT2D eigenvalue weighted by molar-refractivity contribution is 7.14. The van der Waals surface area contributed by atoms with E-state index in [1.807, 2.05) is 18.3 Å². The predicted molar refractivity (Wildman–Crippen MR) is 90.5 cm³/mol. The van der Waals surface area contributed by atoms with Crippen LogP contribution >= 0.6 is 11.3 Å². The molecule has 1 aliphatic rings. The number of nitrogens with zero attached hydrogens (tertiary/aromatic N) is 1. The molecule has 0 saturated heterocycles. The minimum atomic E-state index is 0.0700. The van der Waals surface area contributed by atoms with Gasteiger partial charge in [-0.1, -0.05) is 18.9 Å². The summed E-state index contributed by atoms with van der Waals surface area (Å²) in [4.78, 5) is 18.7. The average Bonchev–Trinajstić information content (AvgIpc) is 2.90. The summed E-state index contributed by atoms with van der Waals surface area (Å²) in [5.74, 6) is 0.0700. The Morgan fingerprint density at radius 3 is 2.91 bits per heavy atom. The van der Waals surface area contributed by atoms with Crippen LogP contribution in [0.25, 0.3) is 0 Å². The van der Waals surface area contributed by atoms with Crippen molar-refractivity contribution in [1.29, 1.82) is 0 Å². The summed E-state index contributed by atoms with van der Waals surface area (Å²) in [6.45, 7) is 0.660. The maximum absolute atomic E-state index is 12.3. The Kier molecular flexibility index (Phi) is 5.22. The third-order valence-electron chi connectivity index (χ3n) is 4.14. The molecule has 2 aromatic heterocycles. The highest BCUT2D eigenvalue weighted by Gasteiger charge is 2.15. The average molecular weight is 314 g/mol. The van der Waals surface area contributed by atoms with E-state index in [2.05, 4.69) is 16.4 Å². The number of fused-ring (bicyclic) bond motifs is 1. The van der Waals surface area contributed by atoms with Gasteiger partial charge < -0.3 is 5.32 Å². The maximum atomic E-state index is 12.3. The Labute approximate surface area is 135 Å². The van der Waals surface area contributed by atoms with Gasteiger partial charge in [0, 0.05) is 23.8 Å². The summed E-state index contributed by atoms with van der Waals surface area (Å²) in [6.07, 6.45) is 11.9. The van der Waals surface area contributed by atoms with Gasteiger partial charge in [0.25, 0.3) is 5.91 Å². The number of carbonyl (C=O) groups excluding carboxylic acids is 1. The number of thiophene rings is 1. The quantitative estimate of drug-likeness (QED) is 0.933. The fraction of sp³-hybridized carbons (Fsp3) is 0.444. The Morgan fingerprint density at radius 1 is 1.23 bits per heavy atom. The molecular weight excluding hydrogens is 292 g/mol. The van der Waals surface area contributed by atoms with Gasteiger partial charge in [0.2, 0.25) is 0 Å². The first-order valence-electron chi connectivity index (χ1n) is 8.11. The van der Waals surface area contributed by atoms with Crippen molar-refractivity contribution in [3.8, 4) is 0 Å². The molecule has 1 aliphatic carbocycles. The maximum Gasteiger partial charge on any atom is 0.261 e. The molecule has 22 heavy (non-hydrogen) atoms. The zero-order valence-corrected chi connectivity index (χ0v) is 13.6. The van der Waals surface area contributed by atoms with E-state index in [0.717, 1.165) is 29.7 Å². The molecule has 3 rings (SSSR count). The molecule has 2 heterocycles. The molecule has 116 valence electrons. The number of aromatic nitrogens is 1. The van der Waals surface area contributed by atoms with E-state index in [0.29, 0.717) is 6.54 Å². The molecule has 0 aromatic carbocycles. The third kappa shape index (κ3) is 3.95. The van der Waals surface area contributed by atoms with Crippen LogP contribution in [0.15, 0.2) is 30.6 Å². The van der Waals surface area contributed by atoms with E-state index in [-0.39, 0.29) is 5.91 Å². The molecule has 3 nitrogen and oxygen atoms in total. The first-order valence-corrected chi connectivity index (χ1v) is 8.93. The number of aryl methyl sites for hydroxylation is 2. The number of hydrogen-bond donors (Lipinski definition) is 1. The van der Waals surface area contributed by atoms with Crippen LogP contribution in [-0.2, 0) is 19.3 Å². The molecule has 0 unspecified atom stereocenters. The van der Waals surface area contributed by atoms with Crippen LogP contribution in [-0.4, -0.2) is 17.4 Å². The summed E-state index contributed by atoms with van der Waals surface area (Å²) in [5, 5.41) is 3.03. The molecule has 0 saturated carbocycles. The fourth-order valence-electron chi connectivity index (χ4n) is 2.91. The van der Waals surface area contributed by atoms with E-state index in [1.54, 1.807) is 17.5 Å². The van der Waals surface area contributed by atoms with Crippen molar-refractivity contribution in [3.05, 3.63) is 51.5 Å². The van der Waals surface area contributed by atoms with Gasteiger partial charge in [-0.05, 0) is 55.4 Å². The fourth-order valence-corrected chi connectivity index (χ4v) is 4.08. The second kappa shape index (κ2) is 7.54. The first-order chi connectivity index (χ1) is 10.8. The van der Waals surface area contributed by atoms with E-state index in [1.165, 1.54) is 36.1 Å². The number of amides is 1. The number of hydrogen-bond acceptors (Lipinski definition) is 3. The van der Waals surface area contributed by atoms with Crippen molar-refractivity contribution in [1.82, 2.24) is 10.3 Å². The van der Waals surface area contributed by atoms with Gasteiger partial charge in [-0.3, -0.25) is 9.78 Å². The minimum absolute atomic E-state index is 0.0700. The van der Waals surface area contributed by atoms with Crippen LogP contribution in [0.2, 0.25) is 0 Å². The van der Waals surface area contributed by atoms with Crippen molar-refractivity contribution in [2.45, 2.75) is 44.9 Å². The summed E-state index contributed by atoms with van der Waals surface area (Å²) >= 11 is 1.69. The molecule has 1 N–H and O–H groups in total. The summed E-state index contributed by atoms with van der Waals surface area (Å²) < 4.78 is 0. The number of pyridine rings is 1. The zero-order valence-electron chi connectivity index (χ0n) is 12.8. The highest BCUT2D eigenvalue weighted by atomic mass is 32.1. The monoisotopic (exact) mass is 314 g/mol. The molecule has 0 aliphatic heterocycles. The molecule has 0 spiro atoms. The van der Waals surface area contributed by atoms with Crippen molar-refractivity contribution >= 4 is 17.2 Å². The molecule has 1 amide bonds. The van der Waals surface area contributed by atoms with Crippen LogP contribution < -0.4 is 5.32 Å². The largest absolute Gasteiger partial charge is 0.351 e.